The molecule has 0 aromatic rings. The van der Waals surface area contributed by atoms with Crippen LogP contribution in [-0.2, 0) is 9.59 Å². The van der Waals surface area contributed by atoms with Crippen LogP contribution in [0.1, 0.15) is 33.1 Å². The number of carbonyl (C=O) groups excluding carboxylic acids is 2. The predicted molar refractivity (Wildman–Crippen MR) is 58.0 cm³/mol. The number of nitrogens with two attached hydrogens (primary N) is 1. The molecule has 1 aliphatic rings. The molecule has 1 rings (SSSR count). The van der Waals surface area contributed by atoms with Crippen molar-refractivity contribution in [3.63, 3.8) is 0 Å². The molecule has 0 aromatic carbocycles. The summed E-state index contributed by atoms with van der Waals surface area (Å²) in [4.78, 5) is 24.3. The Balaban J connectivity index is 2.35. The first-order chi connectivity index (χ1) is 7.00. The zero-order valence-electron chi connectivity index (χ0n) is 9.53. The number of amides is 2. The van der Waals surface area contributed by atoms with Gasteiger partial charge in [-0.2, -0.15) is 0 Å². The smallest absolute Gasteiger partial charge is 0.225 e. The van der Waals surface area contributed by atoms with E-state index in [-0.39, 0.29) is 17.7 Å². The van der Waals surface area contributed by atoms with Crippen molar-refractivity contribution < 1.29 is 9.59 Å². The van der Waals surface area contributed by atoms with E-state index < -0.39 is 0 Å². The maximum atomic E-state index is 11.7. The number of carbonyl (C=O) groups is 2. The lowest BCUT2D eigenvalue weighted by Gasteiger charge is -2.32. The fourth-order valence-corrected chi connectivity index (χ4v) is 2.01. The minimum Gasteiger partial charge on any atom is -0.370 e. The van der Waals surface area contributed by atoms with Crippen LogP contribution in [0.25, 0.3) is 0 Å². The van der Waals surface area contributed by atoms with E-state index in [1.807, 2.05) is 18.7 Å². The van der Waals surface area contributed by atoms with Crippen molar-refractivity contribution in [1.82, 2.24) is 4.90 Å². The predicted octanol–water partition coefficient (Wildman–Crippen LogP) is 0.756. The van der Waals surface area contributed by atoms with Crippen molar-refractivity contribution in [3.05, 3.63) is 0 Å². The van der Waals surface area contributed by atoms with E-state index in [2.05, 4.69) is 0 Å². The molecule has 4 heteroatoms. The summed E-state index contributed by atoms with van der Waals surface area (Å²) in [6.07, 6.45) is 2.27. The summed E-state index contributed by atoms with van der Waals surface area (Å²) < 4.78 is 0. The molecule has 0 aliphatic carbocycles. The van der Waals surface area contributed by atoms with Gasteiger partial charge in [0.25, 0.3) is 0 Å². The Morgan fingerprint density at radius 3 is 2.27 bits per heavy atom. The molecule has 0 saturated carbocycles. The molecule has 2 amide bonds. The van der Waals surface area contributed by atoms with Gasteiger partial charge in [0.2, 0.25) is 11.8 Å². The van der Waals surface area contributed by atoms with Gasteiger partial charge in [0, 0.05) is 25.4 Å². The van der Waals surface area contributed by atoms with Gasteiger partial charge in [-0.3, -0.25) is 9.59 Å². The quantitative estimate of drug-likeness (QED) is 0.750. The molecule has 1 saturated heterocycles. The SMILES string of the molecule is CC(C)C(=O)N1CCC(CC(N)=O)CC1. The minimum absolute atomic E-state index is 0.0673. The number of rotatable bonds is 3. The summed E-state index contributed by atoms with van der Waals surface area (Å²) in [6.45, 7) is 5.37. The second-order valence-electron chi connectivity index (χ2n) is 4.59. The normalized spacial score (nSPS) is 18.2. The van der Waals surface area contributed by atoms with Crippen LogP contribution >= 0.6 is 0 Å². The van der Waals surface area contributed by atoms with Crippen LogP contribution in [0, 0.1) is 11.8 Å². The van der Waals surface area contributed by atoms with Crippen LogP contribution in [0.15, 0.2) is 0 Å². The maximum Gasteiger partial charge on any atom is 0.225 e. The topological polar surface area (TPSA) is 63.4 Å². The lowest BCUT2D eigenvalue weighted by Crippen LogP contribution is -2.41. The van der Waals surface area contributed by atoms with Crippen LogP contribution in [0.5, 0.6) is 0 Å². The number of hydrogen-bond donors (Lipinski definition) is 1. The standard InChI is InChI=1S/C11H20N2O2/c1-8(2)11(15)13-5-3-9(4-6-13)7-10(12)14/h8-9H,3-7H2,1-2H3,(H2,12,14). The number of nitrogens with zero attached hydrogens (tertiary/aromatic N) is 1. The van der Waals surface area contributed by atoms with Gasteiger partial charge < -0.3 is 10.6 Å². The molecule has 0 unspecified atom stereocenters. The average Bonchev–Trinajstić information content (AvgIpc) is 2.17. The average molecular weight is 212 g/mol. The van der Waals surface area contributed by atoms with Crippen molar-refractivity contribution in [3.8, 4) is 0 Å². The highest BCUT2D eigenvalue weighted by molar-refractivity contribution is 5.78. The second kappa shape index (κ2) is 5.14. The first-order valence-corrected chi connectivity index (χ1v) is 5.57. The Morgan fingerprint density at radius 2 is 1.87 bits per heavy atom. The molecule has 1 aliphatic heterocycles. The Morgan fingerprint density at radius 1 is 1.33 bits per heavy atom. The third-order valence-corrected chi connectivity index (χ3v) is 2.91. The van der Waals surface area contributed by atoms with Crippen molar-refractivity contribution in [2.45, 2.75) is 33.1 Å². The highest BCUT2D eigenvalue weighted by atomic mass is 16.2. The molecule has 0 spiro atoms. The molecular weight excluding hydrogens is 192 g/mol. The van der Waals surface area contributed by atoms with Crippen LogP contribution in [0.4, 0.5) is 0 Å². The number of hydrogen-bond acceptors (Lipinski definition) is 2. The molecule has 0 bridgehead atoms. The molecule has 4 nitrogen and oxygen atoms in total. The fraction of sp³-hybridized carbons (Fsp3) is 0.818. The zero-order valence-corrected chi connectivity index (χ0v) is 9.53. The van der Waals surface area contributed by atoms with Gasteiger partial charge in [-0.15, -0.1) is 0 Å². The molecule has 0 radical (unpaired) electrons. The lowest BCUT2D eigenvalue weighted by atomic mass is 9.93. The van der Waals surface area contributed by atoms with E-state index in [0.717, 1.165) is 25.9 Å². The Labute approximate surface area is 90.8 Å². The summed E-state index contributed by atoms with van der Waals surface area (Å²) in [5.74, 6) is 0.424. The monoisotopic (exact) mass is 212 g/mol. The highest BCUT2D eigenvalue weighted by Gasteiger charge is 2.24. The highest BCUT2D eigenvalue weighted by Crippen LogP contribution is 2.21. The third-order valence-electron chi connectivity index (χ3n) is 2.91. The molecule has 0 aromatic heterocycles. The largest absolute Gasteiger partial charge is 0.370 e. The van der Waals surface area contributed by atoms with Gasteiger partial charge in [-0.1, -0.05) is 13.8 Å². The number of likely N-dealkylation sites (tertiary alicyclic amines) is 1. The summed E-state index contributed by atoms with van der Waals surface area (Å²) in [5.41, 5.74) is 5.15. The number of piperidine rings is 1. The third kappa shape index (κ3) is 3.53. The molecule has 2 N–H and O–H groups in total. The van der Waals surface area contributed by atoms with E-state index in [1.165, 1.54) is 0 Å². The van der Waals surface area contributed by atoms with Crippen molar-refractivity contribution in [2.24, 2.45) is 17.6 Å². The van der Waals surface area contributed by atoms with Gasteiger partial charge in [-0.25, -0.2) is 0 Å². The van der Waals surface area contributed by atoms with Gasteiger partial charge in [0.05, 0.1) is 0 Å². The van der Waals surface area contributed by atoms with Gasteiger partial charge in [0.1, 0.15) is 0 Å². The molecule has 0 atom stereocenters. The summed E-state index contributed by atoms with van der Waals surface area (Å²) in [7, 11) is 0. The maximum absolute atomic E-state index is 11.7. The van der Waals surface area contributed by atoms with Crippen LogP contribution in [0.2, 0.25) is 0 Å². The first-order valence-electron chi connectivity index (χ1n) is 5.57. The van der Waals surface area contributed by atoms with E-state index in [1.54, 1.807) is 0 Å². The van der Waals surface area contributed by atoms with Crippen molar-refractivity contribution >= 4 is 11.8 Å². The summed E-state index contributed by atoms with van der Waals surface area (Å²) in [5, 5.41) is 0. The minimum atomic E-state index is -0.233. The molecule has 86 valence electrons. The van der Waals surface area contributed by atoms with Crippen LogP contribution in [0.3, 0.4) is 0 Å². The van der Waals surface area contributed by atoms with E-state index in [4.69, 9.17) is 5.73 Å². The summed E-state index contributed by atoms with van der Waals surface area (Å²) in [6, 6.07) is 0. The molecule has 1 heterocycles. The zero-order chi connectivity index (χ0) is 11.4. The van der Waals surface area contributed by atoms with E-state index in [0.29, 0.717) is 12.3 Å². The van der Waals surface area contributed by atoms with E-state index in [9.17, 15) is 9.59 Å². The van der Waals surface area contributed by atoms with Crippen LogP contribution in [-0.4, -0.2) is 29.8 Å². The van der Waals surface area contributed by atoms with E-state index >= 15 is 0 Å². The van der Waals surface area contributed by atoms with Crippen LogP contribution < -0.4 is 5.73 Å². The second-order valence-corrected chi connectivity index (χ2v) is 4.59. The molecular formula is C11H20N2O2. The number of primary amides is 1. The molecule has 1 fully saturated rings. The van der Waals surface area contributed by atoms with Gasteiger partial charge in [0.15, 0.2) is 0 Å². The lowest BCUT2D eigenvalue weighted by molar-refractivity contribution is -0.135. The Kier molecular flexibility index (Phi) is 4.12. The van der Waals surface area contributed by atoms with Gasteiger partial charge in [-0.05, 0) is 18.8 Å². The van der Waals surface area contributed by atoms with Crippen molar-refractivity contribution in [2.75, 3.05) is 13.1 Å². The Hall–Kier alpha value is -1.06. The van der Waals surface area contributed by atoms with Gasteiger partial charge >= 0.3 is 0 Å². The summed E-state index contributed by atoms with van der Waals surface area (Å²) >= 11 is 0. The van der Waals surface area contributed by atoms with Crippen molar-refractivity contribution in [1.29, 1.82) is 0 Å². The first kappa shape index (κ1) is 12.0. The Bertz CT molecular complexity index is 243. The molecule has 15 heavy (non-hydrogen) atoms. The fourth-order valence-electron chi connectivity index (χ4n) is 2.01.